The van der Waals surface area contributed by atoms with E-state index >= 15 is 0 Å². The van der Waals surface area contributed by atoms with Crippen LogP contribution >= 0.6 is 0 Å². The maximum atomic E-state index is 11.6. The van der Waals surface area contributed by atoms with Crippen molar-refractivity contribution in [3.05, 3.63) is 36.4 Å². The molecule has 3 N–H and O–H groups in total. The Balaban J connectivity index is 2.33. The van der Waals surface area contributed by atoms with Crippen molar-refractivity contribution in [3.8, 4) is 0 Å². The van der Waals surface area contributed by atoms with Crippen LogP contribution in [0.25, 0.3) is 10.8 Å². The lowest BCUT2D eigenvalue weighted by molar-refractivity contribution is -0.124. The second-order valence-corrected chi connectivity index (χ2v) is 5.22. The number of fused-ring (bicyclic) bond motifs is 1. The Kier molecular flexibility index (Phi) is 4.66. The van der Waals surface area contributed by atoms with E-state index < -0.39 is 17.2 Å². The fourth-order valence-electron chi connectivity index (χ4n) is 1.96. The molecule has 6 nitrogen and oxygen atoms in total. The monoisotopic (exact) mass is 306 g/mol. The number of Topliss-reactive ketones (excluding diaryl/α,β-unsaturated/α-hetero) is 1. The molecule has 7 heteroatoms. The normalized spacial score (nSPS) is 11.9. The summed E-state index contributed by atoms with van der Waals surface area (Å²) in [6.07, 6.45) is -0.182. The molecule has 1 unspecified atom stereocenters. The highest BCUT2D eigenvalue weighted by Crippen LogP contribution is 2.26. The average molecular weight is 306 g/mol. The van der Waals surface area contributed by atoms with Crippen LogP contribution in [0.4, 0.5) is 11.4 Å². The molecule has 0 aliphatic heterocycles. The van der Waals surface area contributed by atoms with E-state index in [-0.39, 0.29) is 12.2 Å². The van der Waals surface area contributed by atoms with Crippen LogP contribution in [0.2, 0.25) is 0 Å². The largest absolute Gasteiger partial charge is 0.326 e. The second-order valence-electron chi connectivity index (χ2n) is 4.52. The molecule has 0 heterocycles. The lowest BCUT2D eigenvalue weighted by atomic mass is 10.1. The zero-order valence-corrected chi connectivity index (χ0v) is 12.1. The number of ketones is 1. The molecule has 0 radical (unpaired) electrons. The molecule has 2 rings (SSSR count). The first-order valence-electron chi connectivity index (χ1n) is 6.15. The Morgan fingerprint density at radius 2 is 2.00 bits per heavy atom. The van der Waals surface area contributed by atoms with E-state index in [1.54, 1.807) is 30.3 Å². The van der Waals surface area contributed by atoms with Gasteiger partial charge in [-0.3, -0.25) is 18.9 Å². The Labute approximate surface area is 124 Å². The molecule has 2 aromatic carbocycles. The Bertz CT molecular complexity index is 730. The van der Waals surface area contributed by atoms with E-state index in [4.69, 9.17) is 4.55 Å². The third kappa shape index (κ3) is 4.11. The van der Waals surface area contributed by atoms with Gasteiger partial charge in [0.15, 0.2) is 0 Å². The molecule has 0 spiro atoms. The third-order valence-corrected chi connectivity index (χ3v) is 3.17. The quantitative estimate of drug-likeness (QED) is 0.583. The lowest BCUT2D eigenvalue weighted by Gasteiger charge is -2.09. The van der Waals surface area contributed by atoms with Gasteiger partial charge < -0.3 is 5.32 Å². The van der Waals surface area contributed by atoms with Crippen LogP contribution in [0, 0.1) is 0 Å². The van der Waals surface area contributed by atoms with Crippen LogP contribution in [-0.4, -0.2) is 20.5 Å². The number of nitrogens with one attached hydrogen (secondary N) is 2. The molecule has 0 saturated heterocycles. The number of anilines is 2. The van der Waals surface area contributed by atoms with E-state index in [0.717, 1.165) is 5.39 Å². The fourth-order valence-corrected chi connectivity index (χ4v) is 2.33. The maximum Gasteiger partial charge on any atom is 0.259 e. The van der Waals surface area contributed by atoms with Crippen LogP contribution in [0.15, 0.2) is 36.4 Å². The lowest BCUT2D eigenvalue weighted by Crippen LogP contribution is -2.14. The molecule has 1 amide bonds. The topological polar surface area (TPSA) is 95.5 Å². The fraction of sp³-hybridized carbons (Fsp3) is 0.143. The molecule has 0 aliphatic rings. The van der Waals surface area contributed by atoms with Crippen LogP contribution in [0.5, 0.6) is 0 Å². The smallest absolute Gasteiger partial charge is 0.259 e. The predicted molar refractivity (Wildman–Crippen MR) is 82.3 cm³/mol. The summed E-state index contributed by atoms with van der Waals surface area (Å²) < 4.78 is 22.2. The van der Waals surface area contributed by atoms with Crippen molar-refractivity contribution in [3.63, 3.8) is 0 Å². The standard InChI is InChI=1S/C14H14N2O4S/c1-9(17)7-14(18)15-11-6-5-10-3-2-4-13(12(10)8-11)16-21(19)20/h2-6,8,16H,7H2,1H3,(H,15,18)(H,19,20). The van der Waals surface area contributed by atoms with E-state index in [0.29, 0.717) is 16.8 Å². The SMILES string of the molecule is CC(=O)CC(=O)Nc1ccc2cccc(NS(=O)O)c2c1. The average Bonchev–Trinajstić information content (AvgIpc) is 2.37. The van der Waals surface area contributed by atoms with Crippen molar-refractivity contribution in [2.24, 2.45) is 0 Å². The second kappa shape index (κ2) is 6.47. The first-order chi connectivity index (χ1) is 9.95. The predicted octanol–water partition coefficient (Wildman–Crippen LogP) is 2.31. The number of carbonyl (C=O) groups is 2. The van der Waals surface area contributed by atoms with Crippen molar-refractivity contribution in [2.45, 2.75) is 13.3 Å². The van der Waals surface area contributed by atoms with Crippen molar-refractivity contribution in [1.82, 2.24) is 0 Å². The number of carbonyl (C=O) groups excluding carboxylic acids is 2. The summed E-state index contributed by atoms with van der Waals surface area (Å²) in [5.74, 6) is -0.607. The molecular weight excluding hydrogens is 292 g/mol. The van der Waals surface area contributed by atoms with Gasteiger partial charge in [0.05, 0.1) is 12.1 Å². The minimum atomic E-state index is -2.18. The van der Waals surface area contributed by atoms with E-state index in [1.165, 1.54) is 6.92 Å². The number of benzene rings is 2. The van der Waals surface area contributed by atoms with Crippen molar-refractivity contribution >= 4 is 45.1 Å². The molecule has 21 heavy (non-hydrogen) atoms. The van der Waals surface area contributed by atoms with Gasteiger partial charge in [-0.25, -0.2) is 4.21 Å². The molecule has 0 saturated carbocycles. The van der Waals surface area contributed by atoms with Gasteiger partial charge in [0.2, 0.25) is 5.91 Å². The zero-order chi connectivity index (χ0) is 15.4. The van der Waals surface area contributed by atoms with E-state index in [2.05, 4.69) is 10.0 Å². The number of rotatable bonds is 5. The van der Waals surface area contributed by atoms with Gasteiger partial charge in [0.25, 0.3) is 11.3 Å². The molecular formula is C14H14N2O4S. The van der Waals surface area contributed by atoms with Gasteiger partial charge in [0, 0.05) is 11.1 Å². The summed E-state index contributed by atoms with van der Waals surface area (Å²) in [4.78, 5) is 22.5. The molecule has 0 fully saturated rings. The van der Waals surface area contributed by atoms with Crippen molar-refractivity contribution in [1.29, 1.82) is 0 Å². The first kappa shape index (κ1) is 15.1. The van der Waals surface area contributed by atoms with E-state index in [1.807, 2.05) is 6.07 Å². The highest BCUT2D eigenvalue weighted by molar-refractivity contribution is 7.80. The summed E-state index contributed by atoms with van der Waals surface area (Å²) in [5, 5.41) is 4.17. The molecule has 110 valence electrons. The molecule has 2 aromatic rings. The highest BCUT2D eigenvalue weighted by Gasteiger charge is 2.08. The Morgan fingerprint density at radius 1 is 1.24 bits per heavy atom. The van der Waals surface area contributed by atoms with Crippen LogP contribution < -0.4 is 10.0 Å². The zero-order valence-electron chi connectivity index (χ0n) is 11.3. The third-order valence-electron chi connectivity index (χ3n) is 2.77. The van der Waals surface area contributed by atoms with Gasteiger partial charge in [0.1, 0.15) is 5.78 Å². The molecule has 0 bridgehead atoms. The van der Waals surface area contributed by atoms with Gasteiger partial charge >= 0.3 is 0 Å². The van der Waals surface area contributed by atoms with Crippen LogP contribution in [-0.2, 0) is 20.9 Å². The minimum Gasteiger partial charge on any atom is -0.326 e. The molecule has 1 atom stereocenters. The molecule has 0 aliphatic carbocycles. The summed E-state index contributed by atoms with van der Waals surface area (Å²) in [5.41, 5.74) is 1.00. The maximum absolute atomic E-state index is 11.6. The number of hydrogen-bond donors (Lipinski definition) is 3. The van der Waals surface area contributed by atoms with Crippen LogP contribution in [0.1, 0.15) is 13.3 Å². The first-order valence-corrected chi connectivity index (χ1v) is 7.26. The highest BCUT2D eigenvalue weighted by atomic mass is 32.2. The van der Waals surface area contributed by atoms with Gasteiger partial charge in [-0.2, -0.15) is 0 Å². The number of hydrogen-bond acceptors (Lipinski definition) is 3. The Hall–Kier alpha value is -2.25. The number of amides is 1. The summed E-state index contributed by atoms with van der Waals surface area (Å²) in [7, 11) is 0. The van der Waals surface area contributed by atoms with Gasteiger partial charge in [-0.05, 0) is 30.5 Å². The summed E-state index contributed by atoms with van der Waals surface area (Å²) >= 11 is -2.18. The van der Waals surface area contributed by atoms with Crippen molar-refractivity contribution in [2.75, 3.05) is 10.0 Å². The van der Waals surface area contributed by atoms with E-state index in [9.17, 15) is 13.8 Å². The Morgan fingerprint density at radius 3 is 2.67 bits per heavy atom. The van der Waals surface area contributed by atoms with Crippen LogP contribution in [0.3, 0.4) is 0 Å². The van der Waals surface area contributed by atoms with Gasteiger partial charge in [-0.1, -0.05) is 18.2 Å². The summed E-state index contributed by atoms with van der Waals surface area (Å²) in [6.45, 7) is 1.35. The molecule has 0 aromatic heterocycles. The van der Waals surface area contributed by atoms with Gasteiger partial charge in [-0.15, -0.1) is 0 Å². The minimum absolute atomic E-state index is 0.182. The van der Waals surface area contributed by atoms with Crippen molar-refractivity contribution < 1.29 is 18.4 Å². The summed E-state index contributed by atoms with van der Waals surface area (Å²) in [6, 6.07) is 10.4.